The Hall–Kier alpha value is -2.14. The van der Waals surface area contributed by atoms with E-state index in [9.17, 15) is 13.2 Å². The molecule has 9 heteroatoms. The summed E-state index contributed by atoms with van der Waals surface area (Å²) in [5, 5.41) is 12.0. The molecule has 0 radical (unpaired) electrons. The van der Waals surface area contributed by atoms with Gasteiger partial charge in [-0.1, -0.05) is 11.6 Å². The van der Waals surface area contributed by atoms with Crippen LogP contribution in [0.25, 0.3) is 5.82 Å². The predicted octanol–water partition coefficient (Wildman–Crippen LogP) is 2.21. The van der Waals surface area contributed by atoms with Crippen molar-refractivity contribution in [3.05, 3.63) is 35.0 Å². The molecule has 0 spiro atoms. The van der Waals surface area contributed by atoms with Crippen LogP contribution >= 0.6 is 11.6 Å². The lowest BCUT2D eigenvalue weighted by atomic mass is 10.3. The molecule has 5 nitrogen and oxygen atoms in total. The van der Waals surface area contributed by atoms with Gasteiger partial charge in [0.15, 0.2) is 5.82 Å². The third-order valence-electron chi connectivity index (χ3n) is 1.96. The van der Waals surface area contributed by atoms with Crippen molar-refractivity contribution in [1.29, 1.82) is 5.26 Å². The molecule has 92 valence electrons. The largest absolute Gasteiger partial charge is 0.417 e. The van der Waals surface area contributed by atoms with Crippen molar-refractivity contribution in [2.24, 2.45) is 0 Å². The van der Waals surface area contributed by atoms with Crippen LogP contribution in [0.1, 0.15) is 11.4 Å². The quantitative estimate of drug-likeness (QED) is 0.799. The van der Waals surface area contributed by atoms with Crippen molar-refractivity contribution in [3.63, 3.8) is 0 Å². The highest BCUT2D eigenvalue weighted by Gasteiger charge is 2.31. The van der Waals surface area contributed by atoms with Gasteiger partial charge in [0.25, 0.3) is 5.82 Å². The molecule has 0 atom stereocenters. The molecule has 0 aliphatic heterocycles. The highest BCUT2D eigenvalue weighted by Crippen LogP contribution is 2.31. The predicted molar refractivity (Wildman–Crippen MR) is 53.9 cm³/mol. The average Bonchev–Trinajstić information content (AvgIpc) is 2.76. The minimum absolute atomic E-state index is 0.0290. The minimum atomic E-state index is -4.52. The number of halogens is 4. The Morgan fingerprint density at radius 3 is 2.56 bits per heavy atom. The van der Waals surface area contributed by atoms with E-state index in [1.54, 1.807) is 6.07 Å². The second-order valence-electron chi connectivity index (χ2n) is 3.15. The molecule has 0 saturated carbocycles. The number of pyridine rings is 1. The number of hydrogen-bond donors (Lipinski definition) is 0. The Bertz CT molecular complexity index is 628. The number of nitrogens with zero attached hydrogens (tertiary/aromatic N) is 5. The monoisotopic (exact) mass is 273 g/mol. The van der Waals surface area contributed by atoms with E-state index in [2.05, 4.69) is 15.1 Å². The van der Waals surface area contributed by atoms with Crippen LogP contribution in [0.3, 0.4) is 0 Å². The number of alkyl halides is 3. The zero-order valence-electron chi connectivity index (χ0n) is 8.48. The standard InChI is InChI=1S/C9H3ClF3N5/c10-6-1-5(9(11,12)13)3-15-8(6)18-4-16-7(2-14)17-18/h1,3-4H. The van der Waals surface area contributed by atoms with Crippen molar-refractivity contribution in [1.82, 2.24) is 19.7 Å². The second-order valence-corrected chi connectivity index (χ2v) is 3.56. The molecular formula is C9H3ClF3N5. The molecule has 0 saturated heterocycles. The van der Waals surface area contributed by atoms with Gasteiger partial charge in [0.1, 0.15) is 12.4 Å². The fourth-order valence-electron chi connectivity index (χ4n) is 1.17. The SMILES string of the molecule is N#Cc1ncn(-c2ncc(C(F)(F)F)cc2Cl)n1. The molecule has 18 heavy (non-hydrogen) atoms. The highest BCUT2D eigenvalue weighted by atomic mass is 35.5. The lowest BCUT2D eigenvalue weighted by molar-refractivity contribution is -0.137. The minimum Gasteiger partial charge on any atom is -0.235 e. The highest BCUT2D eigenvalue weighted by molar-refractivity contribution is 6.32. The van der Waals surface area contributed by atoms with Crippen LogP contribution in [0.15, 0.2) is 18.6 Å². The van der Waals surface area contributed by atoms with E-state index in [0.717, 1.165) is 17.1 Å². The van der Waals surface area contributed by atoms with Gasteiger partial charge >= 0.3 is 6.18 Å². The zero-order chi connectivity index (χ0) is 13.3. The van der Waals surface area contributed by atoms with Crippen LogP contribution < -0.4 is 0 Å². The first-order valence-electron chi connectivity index (χ1n) is 4.46. The molecular weight excluding hydrogens is 271 g/mol. The summed E-state index contributed by atoms with van der Waals surface area (Å²) in [6.07, 6.45) is -2.75. The summed E-state index contributed by atoms with van der Waals surface area (Å²) in [7, 11) is 0. The lowest BCUT2D eigenvalue weighted by Crippen LogP contribution is -2.08. The van der Waals surface area contributed by atoms with E-state index in [-0.39, 0.29) is 16.7 Å². The summed E-state index contributed by atoms with van der Waals surface area (Å²) >= 11 is 5.69. The van der Waals surface area contributed by atoms with Gasteiger partial charge in [-0.2, -0.15) is 23.1 Å². The van der Waals surface area contributed by atoms with E-state index in [1.807, 2.05) is 0 Å². The van der Waals surface area contributed by atoms with Gasteiger partial charge in [-0.15, -0.1) is 5.10 Å². The fourth-order valence-corrected chi connectivity index (χ4v) is 1.42. The Kier molecular flexibility index (Phi) is 2.92. The summed E-state index contributed by atoms with van der Waals surface area (Å²) in [4.78, 5) is 7.15. The first-order valence-corrected chi connectivity index (χ1v) is 4.84. The Balaban J connectivity index is 2.45. The second kappa shape index (κ2) is 4.27. The maximum Gasteiger partial charge on any atom is 0.417 e. The summed E-state index contributed by atoms with van der Waals surface area (Å²) in [5.74, 6) is -0.161. The molecule has 0 aliphatic rings. The number of rotatable bonds is 1. The molecule has 0 aromatic carbocycles. The van der Waals surface area contributed by atoms with Crippen LogP contribution in [-0.2, 0) is 6.18 Å². The van der Waals surface area contributed by atoms with Gasteiger partial charge in [-0.3, -0.25) is 0 Å². The number of nitriles is 1. The van der Waals surface area contributed by atoms with Crippen molar-refractivity contribution in [2.45, 2.75) is 6.18 Å². The molecule has 2 heterocycles. The summed E-state index contributed by atoms with van der Waals surface area (Å²) < 4.78 is 38.2. The zero-order valence-corrected chi connectivity index (χ0v) is 9.24. The summed E-state index contributed by atoms with van der Waals surface area (Å²) in [6, 6.07) is 2.41. The molecule has 0 N–H and O–H groups in total. The van der Waals surface area contributed by atoms with Crippen LogP contribution in [0.5, 0.6) is 0 Å². The fraction of sp³-hybridized carbons (Fsp3) is 0.111. The Morgan fingerprint density at radius 2 is 2.06 bits per heavy atom. The third-order valence-corrected chi connectivity index (χ3v) is 2.24. The van der Waals surface area contributed by atoms with Crippen molar-refractivity contribution in [2.75, 3.05) is 0 Å². The molecule has 0 aliphatic carbocycles. The lowest BCUT2D eigenvalue weighted by Gasteiger charge is -2.08. The van der Waals surface area contributed by atoms with Gasteiger partial charge in [-0.25, -0.2) is 9.97 Å². The van der Waals surface area contributed by atoms with Gasteiger partial charge in [0.05, 0.1) is 10.6 Å². The molecule has 0 fully saturated rings. The molecule has 0 amide bonds. The van der Waals surface area contributed by atoms with Crippen molar-refractivity contribution >= 4 is 11.6 Å². The first-order chi connectivity index (χ1) is 8.41. The van der Waals surface area contributed by atoms with Gasteiger partial charge in [0, 0.05) is 6.20 Å². The Labute approximate surface area is 103 Å². The van der Waals surface area contributed by atoms with Crippen molar-refractivity contribution in [3.8, 4) is 11.9 Å². The maximum atomic E-state index is 12.4. The van der Waals surface area contributed by atoms with Crippen LogP contribution in [0.4, 0.5) is 13.2 Å². The molecule has 2 aromatic heterocycles. The van der Waals surface area contributed by atoms with E-state index >= 15 is 0 Å². The molecule has 2 rings (SSSR count). The smallest absolute Gasteiger partial charge is 0.235 e. The van der Waals surface area contributed by atoms with Crippen LogP contribution in [0.2, 0.25) is 5.02 Å². The van der Waals surface area contributed by atoms with E-state index < -0.39 is 11.7 Å². The van der Waals surface area contributed by atoms with E-state index in [4.69, 9.17) is 16.9 Å². The topological polar surface area (TPSA) is 67.4 Å². The van der Waals surface area contributed by atoms with E-state index in [0.29, 0.717) is 6.20 Å². The van der Waals surface area contributed by atoms with Gasteiger partial charge in [0.2, 0.25) is 0 Å². The van der Waals surface area contributed by atoms with Crippen molar-refractivity contribution < 1.29 is 13.2 Å². The first kappa shape index (κ1) is 12.3. The molecule has 2 aromatic rings. The Morgan fingerprint density at radius 1 is 1.33 bits per heavy atom. The van der Waals surface area contributed by atoms with Gasteiger partial charge in [-0.05, 0) is 6.07 Å². The van der Waals surface area contributed by atoms with Gasteiger partial charge < -0.3 is 0 Å². The number of hydrogen-bond acceptors (Lipinski definition) is 4. The summed E-state index contributed by atoms with van der Waals surface area (Å²) in [6.45, 7) is 0. The number of aromatic nitrogens is 4. The molecule has 0 bridgehead atoms. The molecule has 0 unspecified atom stereocenters. The van der Waals surface area contributed by atoms with Crippen LogP contribution in [0, 0.1) is 11.3 Å². The van der Waals surface area contributed by atoms with E-state index in [1.165, 1.54) is 0 Å². The third kappa shape index (κ3) is 2.26. The van der Waals surface area contributed by atoms with Crippen LogP contribution in [-0.4, -0.2) is 19.7 Å². The average molecular weight is 274 g/mol. The normalized spacial score (nSPS) is 11.3. The maximum absolute atomic E-state index is 12.4. The summed E-state index contributed by atoms with van der Waals surface area (Å²) in [5.41, 5.74) is -0.961.